The van der Waals surface area contributed by atoms with Crippen molar-refractivity contribution < 1.29 is 14.7 Å². The van der Waals surface area contributed by atoms with Crippen LogP contribution < -0.4 is 0 Å². The Morgan fingerprint density at radius 2 is 1.71 bits per heavy atom. The van der Waals surface area contributed by atoms with Gasteiger partial charge in [-0.1, -0.05) is 25.7 Å². The van der Waals surface area contributed by atoms with Gasteiger partial charge in [-0.2, -0.15) is 0 Å². The van der Waals surface area contributed by atoms with Crippen LogP contribution in [-0.2, 0) is 9.59 Å². The zero-order chi connectivity index (χ0) is 15.0. The van der Waals surface area contributed by atoms with E-state index < -0.39 is 5.97 Å². The van der Waals surface area contributed by atoms with Crippen LogP contribution in [0, 0.1) is 23.7 Å². The lowest BCUT2D eigenvalue weighted by Gasteiger charge is -2.40. The lowest BCUT2D eigenvalue weighted by atomic mass is 9.67. The number of carbonyl (C=O) groups excluding carboxylic acids is 1. The lowest BCUT2D eigenvalue weighted by Crippen LogP contribution is -2.43. The first-order chi connectivity index (χ1) is 10.1. The van der Waals surface area contributed by atoms with Gasteiger partial charge in [0.25, 0.3) is 0 Å². The quantitative estimate of drug-likeness (QED) is 0.851. The van der Waals surface area contributed by atoms with Gasteiger partial charge in [-0.25, -0.2) is 0 Å². The fourth-order valence-electron chi connectivity index (χ4n) is 4.91. The second-order valence-electron chi connectivity index (χ2n) is 7.32. The van der Waals surface area contributed by atoms with Crippen LogP contribution in [0.1, 0.15) is 58.3 Å². The average molecular weight is 293 g/mol. The molecule has 0 radical (unpaired) electrons. The highest BCUT2D eigenvalue weighted by molar-refractivity contribution is 5.81. The third-order valence-corrected chi connectivity index (χ3v) is 6.24. The summed E-state index contributed by atoms with van der Waals surface area (Å²) in [6, 6.07) is -0.140. The number of fused-ring (bicyclic) bond motifs is 1. The molecule has 4 heteroatoms. The molecule has 2 saturated carbocycles. The first-order valence-corrected chi connectivity index (χ1v) is 8.61. The molecule has 5 atom stereocenters. The molecule has 1 amide bonds. The molecule has 0 aromatic rings. The molecule has 3 fully saturated rings. The van der Waals surface area contributed by atoms with E-state index in [2.05, 4.69) is 0 Å². The fraction of sp³-hybridized carbons (Fsp3) is 0.882. The smallest absolute Gasteiger partial charge is 0.308 e. The first kappa shape index (κ1) is 14.9. The van der Waals surface area contributed by atoms with Gasteiger partial charge in [0.2, 0.25) is 5.91 Å². The number of amides is 1. The number of aliphatic carboxylic acids is 1. The number of likely N-dealkylation sites (tertiary alicyclic amines) is 1. The summed E-state index contributed by atoms with van der Waals surface area (Å²) in [5.74, 6) is 0.851. The summed E-state index contributed by atoms with van der Waals surface area (Å²) < 4.78 is 0. The van der Waals surface area contributed by atoms with Crippen molar-refractivity contribution in [3.05, 3.63) is 0 Å². The van der Waals surface area contributed by atoms with E-state index in [1.54, 1.807) is 0 Å². The molecule has 1 N–H and O–H groups in total. The zero-order valence-electron chi connectivity index (χ0n) is 13.0. The molecule has 4 nitrogen and oxygen atoms in total. The van der Waals surface area contributed by atoms with Crippen molar-refractivity contribution in [2.24, 2.45) is 23.7 Å². The van der Waals surface area contributed by atoms with Crippen LogP contribution in [0.3, 0.4) is 0 Å². The highest BCUT2D eigenvalue weighted by atomic mass is 16.4. The lowest BCUT2D eigenvalue weighted by molar-refractivity contribution is -0.144. The van der Waals surface area contributed by atoms with Crippen LogP contribution in [0.5, 0.6) is 0 Å². The molecule has 5 unspecified atom stereocenters. The summed E-state index contributed by atoms with van der Waals surface area (Å²) >= 11 is 0. The Morgan fingerprint density at radius 3 is 2.38 bits per heavy atom. The van der Waals surface area contributed by atoms with Gasteiger partial charge in [-0.15, -0.1) is 0 Å². The number of rotatable bonds is 2. The molecular formula is C17H27NO3. The van der Waals surface area contributed by atoms with Gasteiger partial charge in [0.15, 0.2) is 0 Å². The fourth-order valence-corrected chi connectivity index (χ4v) is 4.91. The molecular weight excluding hydrogens is 266 g/mol. The van der Waals surface area contributed by atoms with E-state index in [9.17, 15) is 14.7 Å². The Hall–Kier alpha value is -1.06. The molecule has 1 saturated heterocycles. The predicted molar refractivity (Wildman–Crippen MR) is 79.7 cm³/mol. The monoisotopic (exact) mass is 293 g/mol. The van der Waals surface area contributed by atoms with Gasteiger partial charge in [0.1, 0.15) is 0 Å². The van der Waals surface area contributed by atoms with Crippen molar-refractivity contribution in [3.8, 4) is 0 Å². The van der Waals surface area contributed by atoms with Gasteiger partial charge in [0, 0.05) is 18.5 Å². The summed E-state index contributed by atoms with van der Waals surface area (Å²) in [4.78, 5) is 25.8. The minimum atomic E-state index is -0.756. The average Bonchev–Trinajstić information content (AvgIpc) is 2.88. The SMILES string of the molecule is CC1C(C(=O)O)CCN1C(=O)C1CCC2CCCCC2C1. The number of carbonyl (C=O) groups is 2. The Kier molecular flexibility index (Phi) is 4.23. The summed E-state index contributed by atoms with van der Waals surface area (Å²) in [6.07, 6.45) is 9.21. The number of carboxylic acid groups (broad SMARTS) is 1. The molecule has 1 heterocycles. The van der Waals surface area contributed by atoms with Crippen molar-refractivity contribution in [2.75, 3.05) is 6.54 Å². The van der Waals surface area contributed by atoms with E-state index in [0.29, 0.717) is 13.0 Å². The van der Waals surface area contributed by atoms with E-state index in [1.807, 2.05) is 11.8 Å². The van der Waals surface area contributed by atoms with Gasteiger partial charge in [-0.3, -0.25) is 9.59 Å². The van der Waals surface area contributed by atoms with Crippen LogP contribution >= 0.6 is 0 Å². The summed E-state index contributed by atoms with van der Waals surface area (Å²) in [5.41, 5.74) is 0. The van der Waals surface area contributed by atoms with E-state index >= 15 is 0 Å². The topological polar surface area (TPSA) is 57.6 Å². The molecule has 3 aliphatic rings. The van der Waals surface area contributed by atoms with Crippen LogP contribution in [0.15, 0.2) is 0 Å². The van der Waals surface area contributed by atoms with Crippen molar-refractivity contribution in [1.82, 2.24) is 4.90 Å². The first-order valence-electron chi connectivity index (χ1n) is 8.61. The third-order valence-electron chi connectivity index (χ3n) is 6.24. The van der Waals surface area contributed by atoms with Crippen LogP contribution in [0.4, 0.5) is 0 Å². The minimum absolute atomic E-state index is 0.140. The van der Waals surface area contributed by atoms with Gasteiger partial charge >= 0.3 is 5.97 Å². The maximum Gasteiger partial charge on any atom is 0.308 e. The van der Waals surface area contributed by atoms with Crippen LogP contribution in [0.25, 0.3) is 0 Å². The summed E-state index contributed by atoms with van der Waals surface area (Å²) in [7, 11) is 0. The molecule has 21 heavy (non-hydrogen) atoms. The number of hydrogen-bond donors (Lipinski definition) is 1. The van der Waals surface area contributed by atoms with Crippen molar-refractivity contribution >= 4 is 11.9 Å². The maximum absolute atomic E-state index is 12.8. The maximum atomic E-state index is 12.8. The highest BCUT2D eigenvalue weighted by Gasteiger charge is 2.42. The number of nitrogens with zero attached hydrogens (tertiary/aromatic N) is 1. The Bertz CT molecular complexity index is 422. The molecule has 1 aliphatic heterocycles. The van der Waals surface area contributed by atoms with Gasteiger partial charge < -0.3 is 10.0 Å². The minimum Gasteiger partial charge on any atom is -0.481 e. The standard InChI is InChI=1S/C17H27NO3/c1-11-15(17(20)21)8-9-18(11)16(19)14-7-6-12-4-2-3-5-13(12)10-14/h11-15H,2-10H2,1H3,(H,20,21). The van der Waals surface area contributed by atoms with Gasteiger partial charge in [0.05, 0.1) is 5.92 Å². The normalized spacial score (nSPS) is 39.9. The Labute approximate surface area is 126 Å². The number of carboxylic acids is 1. The molecule has 118 valence electrons. The van der Waals surface area contributed by atoms with Gasteiger partial charge in [-0.05, 0) is 44.4 Å². The molecule has 0 bridgehead atoms. The van der Waals surface area contributed by atoms with Crippen molar-refractivity contribution in [1.29, 1.82) is 0 Å². The molecule has 3 rings (SSSR count). The van der Waals surface area contributed by atoms with E-state index in [1.165, 1.54) is 32.1 Å². The second kappa shape index (κ2) is 5.98. The molecule has 0 aromatic carbocycles. The zero-order valence-corrected chi connectivity index (χ0v) is 13.0. The molecule has 2 aliphatic carbocycles. The molecule has 0 aromatic heterocycles. The summed E-state index contributed by atoms with van der Waals surface area (Å²) in [6.45, 7) is 2.53. The third kappa shape index (κ3) is 2.82. The Balaban J connectivity index is 1.62. The van der Waals surface area contributed by atoms with Crippen LogP contribution in [0.2, 0.25) is 0 Å². The highest BCUT2D eigenvalue weighted by Crippen LogP contribution is 2.43. The van der Waals surface area contributed by atoms with E-state index in [-0.39, 0.29) is 23.8 Å². The van der Waals surface area contributed by atoms with Crippen molar-refractivity contribution in [2.45, 2.75) is 64.3 Å². The molecule has 0 spiro atoms. The second-order valence-corrected chi connectivity index (χ2v) is 7.32. The summed E-state index contributed by atoms with van der Waals surface area (Å²) in [5, 5.41) is 9.21. The number of hydrogen-bond acceptors (Lipinski definition) is 2. The van der Waals surface area contributed by atoms with E-state index in [0.717, 1.165) is 24.7 Å². The largest absolute Gasteiger partial charge is 0.481 e. The van der Waals surface area contributed by atoms with E-state index in [4.69, 9.17) is 0 Å². The predicted octanol–water partition coefficient (Wildman–Crippen LogP) is 2.91. The van der Waals surface area contributed by atoms with Crippen LogP contribution in [-0.4, -0.2) is 34.5 Å². The van der Waals surface area contributed by atoms with Crippen molar-refractivity contribution in [3.63, 3.8) is 0 Å². The Morgan fingerprint density at radius 1 is 1.00 bits per heavy atom.